The van der Waals surface area contributed by atoms with E-state index in [1.165, 1.54) is 0 Å². The van der Waals surface area contributed by atoms with Gasteiger partial charge in [-0.15, -0.1) is 0 Å². The minimum Gasteiger partial charge on any atom is -0.492 e. The molecule has 1 fully saturated rings. The Morgan fingerprint density at radius 2 is 1.79 bits per heavy atom. The van der Waals surface area contributed by atoms with Crippen LogP contribution >= 0.6 is 0 Å². The number of nitrogens with one attached hydrogen (secondary N) is 1. The highest BCUT2D eigenvalue weighted by molar-refractivity contribution is 5.81. The highest BCUT2D eigenvalue weighted by atomic mass is 16.5. The monoisotopic (exact) mass is 393 g/mol. The van der Waals surface area contributed by atoms with Gasteiger partial charge in [0.05, 0.1) is 5.52 Å². The van der Waals surface area contributed by atoms with Gasteiger partial charge in [0.2, 0.25) is 0 Å². The van der Waals surface area contributed by atoms with Gasteiger partial charge < -0.3 is 19.5 Å². The van der Waals surface area contributed by atoms with Crippen molar-refractivity contribution in [2.24, 2.45) is 7.05 Å². The second kappa shape index (κ2) is 8.63. The smallest absolute Gasteiger partial charge is 0.250 e. The van der Waals surface area contributed by atoms with Crippen molar-refractivity contribution >= 4 is 22.4 Å². The SMILES string of the molecule is CN1CCN(CCOc2ccc(Nc3cc4c(ccc(=O)n4C)cn3)cc2)CC1. The number of benzene rings is 1. The quantitative estimate of drug-likeness (QED) is 0.693. The van der Waals surface area contributed by atoms with Crippen LogP contribution in [0.15, 0.2) is 53.5 Å². The summed E-state index contributed by atoms with van der Waals surface area (Å²) < 4.78 is 7.52. The number of aryl methyl sites for hydroxylation is 1. The molecule has 1 saturated heterocycles. The molecule has 1 aliphatic heterocycles. The summed E-state index contributed by atoms with van der Waals surface area (Å²) in [6.45, 7) is 6.10. The zero-order chi connectivity index (χ0) is 20.2. The lowest BCUT2D eigenvalue weighted by molar-refractivity contribution is 0.134. The van der Waals surface area contributed by atoms with E-state index in [-0.39, 0.29) is 5.56 Å². The van der Waals surface area contributed by atoms with E-state index in [0.29, 0.717) is 12.4 Å². The minimum atomic E-state index is -0.0345. The fourth-order valence-electron chi connectivity index (χ4n) is 3.48. The largest absolute Gasteiger partial charge is 0.492 e. The van der Waals surface area contributed by atoms with Crippen molar-refractivity contribution in [2.75, 3.05) is 51.7 Å². The number of likely N-dealkylation sites (N-methyl/N-ethyl adjacent to an activating group) is 1. The van der Waals surface area contributed by atoms with Gasteiger partial charge in [0.1, 0.15) is 18.2 Å². The molecule has 0 bridgehead atoms. The molecule has 1 aromatic carbocycles. The molecule has 4 rings (SSSR count). The van der Waals surface area contributed by atoms with E-state index < -0.39 is 0 Å². The molecule has 0 saturated carbocycles. The summed E-state index contributed by atoms with van der Waals surface area (Å²) in [5.74, 6) is 1.56. The van der Waals surface area contributed by atoms with Crippen molar-refractivity contribution in [1.82, 2.24) is 19.4 Å². The van der Waals surface area contributed by atoms with Gasteiger partial charge in [0, 0.05) is 69.2 Å². The summed E-state index contributed by atoms with van der Waals surface area (Å²) in [7, 11) is 3.93. The zero-order valence-electron chi connectivity index (χ0n) is 17.0. The second-order valence-corrected chi connectivity index (χ2v) is 7.50. The molecular weight excluding hydrogens is 366 g/mol. The van der Waals surface area contributed by atoms with Crippen LogP contribution in [-0.2, 0) is 7.05 Å². The van der Waals surface area contributed by atoms with Crippen LogP contribution in [0.1, 0.15) is 0 Å². The van der Waals surface area contributed by atoms with Gasteiger partial charge in [0.25, 0.3) is 5.56 Å². The van der Waals surface area contributed by atoms with Gasteiger partial charge in [-0.1, -0.05) is 0 Å². The van der Waals surface area contributed by atoms with Gasteiger partial charge in [-0.05, 0) is 37.4 Å². The van der Waals surface area contributed by atoms with E-state index in [0.717, 1.165) is 55.1 Å². The number of nitrogens with zero attached hydrogens (tertiary/aromatic N) is 4. The maximum atomic E-state index is 11.8. The molecule has 1 N–H and O–H groups in total. The van der Waals surface area contributed by atoms with Crippen molar-refractivity contribution < 1.29 is 4.74 Å². The molecule has 7 nitrogen and oxygen atoms in total. The van der Waals surface area contributed by atoms with Crippen molar-refractivity contribution in [1.29, 1.82) is 0 Å². The number of hydrogen-bond donors (Lipinski definition) is 1. The number of aromatic nitrogens is 2. The van der Waals surface area contributed by atoms with Crippen molar-refractivity contribution in [3.05, 3.63) is 59.0 Å². The zero-order valence-corrected chi connectivity index (χ0v) is 17.0. The van der Waals surface area contributed by atoms with E-state index in [1.807, 2.05) is 30.3 Å². The lowest BCUT2D eigenvalue weighted by atomic mass is 10.2. The van der Waals surface area contributed by atoms with Crippen LogP contribution in [0.3, 0.4) is 0 Å². The van der Waals surface area contributed by atoms with Crippen molar-refractivity contribution in [2.45, 2.75) is 0 Å². The molecule has 0 spiro atoms. The second-order valence-electron chi connectivity index (χ2n) is 7.50. The predicted octanol–water partition coefficient (Wildman–Crippen LogP) is 2.30. The summed E-state index contributed by atoms with van der Waals surface area (Å²) in [4.78, 5) is 21.1. The Morgan fingerprint density at radius 3 is 2.55 bits per heavy atom. The summed E-state index contributed by atoms with van der Waals surface area (Å²) >= 11 is 0. The minimum absolute atomic E-state index is 0.0345. The Hall–Kier alpha value is -2.90. The first kappa shape index (κ1) is 19.4. The lowest BCUT2D eigenvalue weighted by Crippen LogP contribution is -2.45. The van der Waals surface area contributed by atoms with Crippen molar-refractivity contribution in [3.63, 3.8) is 0 Å². The maximum absolute atomic E-state index is 11.8. The first-order valence-corrected chi connectivity index (χ1v) is 9.95. The molecule has 0 radical (unpaired) electrons. The Bertz CT molecular complexity index is 1020. The molecule has 0 aliphatic carbocycles. The Balaban J connectivity index is 1.34. The predicted molar refractivity (Wildman–Crippen MR) is 116 cm³/mol. The fourth-order valence-corrected chi connectivity index (χ4v) is 3.48. The standard InChI is InChI=1S/C22H27N5O2/c1-25-9-11-27(12-10-25)13-14-29-19-6-4-18(5-7-19)24-21-15-20-17(16-23-21)3-8-22(28)26(20)2/h3-8,15-16H,9-14H2,1-2H3,(H,23,24). The van der Waals surface area contributed by atoms with Crippen LogP contribution in [0.25, 0.3) is 10.9 Å². The normalized spacial score (nSPS) is 15.5. The van der Waals surface area contributed by atoms with Gasteiger partial charge in [-0.2, -0.15) is 0 Å². The Labute approximate surface area is 170 Å². The number of piperazine rings is 1. The molecule has 152 valence electrons. The van der Waals surface area contributed by atoms with Crippen LogP contribution in [0.5, 0.6) is 5.75 Å². The van der Waals surface area contributed by atoms with Crippen LogP contribution in [0.4, 0.5) is 11.5 Å². The third-order valence-electron chi connectivity index (χ3n) is 5.41. The summed E-state index contributed by atoms with van der Waals surface area (Å²) in [6.07, 6.45) is 1.77. The van der Waals surface area contributed by atoms with Crippen LogP contribution in [0.2, 0.25) is 0 Å². The average Bonchev–Trinajstić information content (AvgIpc) is 2.74. The number of fused-ring (bicyclic) bond motifs is 1. The Kier molecular flexibility index (Phi) is 5.78. The average molecular weight is 393 g/mol. The third kappa shape index (κ3) is 4.75. The molecule has 3 aromatic rings. The summed E-state index contributed by atoms with van der Waals surface area (Å²) in [6, 6.07) is 13.1. The highest BCUT2D eigenvalue weighted by Gasteiger charge is 2.13. The molecule has 0 amide bonds. The summed E-state index contributed by atoms with van der Waals surface area (Å²) in [5.41, 5.74) is 1.73. The topological polar surface area (TPSA) is 62.6 Å². The molecular formula is C22H27N5O2. The van der Waals surface area contributed by atoms with Gasteiger partial charge >= 0.3 is 0 Å². The molecule has 7 heteroatoms. The van der Waals surface area contributed by atoms with E-state index in [4.69, 9.17) is 4.74 Å². The first-order valence-electron chi connectivity index (χ1n) is 9.95. The molecule has 3 heterocycles. The van der Waals surface area contributed by atoms with Crippen LogP contribution in [0, 0.1) is 0 Å². The van der Waals surface area contributed by atoms with Crippen LogP contribution < -0.4 is 15.6 Å². The number of ether oxygens (including phenoxy) is 1. The Morgan fingerprint density at radius 1 is 1.03 bits per heavy atom. The van der Waals surface area contributed by atoms with Crippen LogP contribution in [-0.4, -0.2) is 65.7 Å². The molecule has 29 heavy (non-hydrogen) atoms. The van der Waals surface area contributed by atoms with Crippen molar-refractivity contribution in [3.8, 4) is 5.75 Å². The maximum Gasteiger partial charge on any atom is 0.250 e. The molecule has 1 aliphatic rings. The van der Waals surface area contributed by atoms with Gasteiger partial charge in [0.15, 0.2) is 0 Å². The number of pyridine rings is 2. The lowest BCUT2D eigenvalue weighted by Gasteiger charge is -2.32. The van der Waals surface area contributed by atoms with E-state index >= 15 is 0 Å². The van der Waals surface area contributed by atoms with Gasteiger partial charge in [-0.25, -0.2) is 4.98 Å². The van der Waals surface area contributed by atoms with E-state index in [2.05, 4.69) is 27.1 Å². The third-order valence-corrected chi connectivity index (χ3v) is 5.41. The number of anilines is 2. The number of hydrogen-bond acceptors (Lipinski definition) is 6. The molecule has 0 unspecified atom stereocenters. The molecule has 0 atom stereocenters. The fraction of sp³-hybridized carbons (Fsp3) is 0.364. The molecule has 2 aromatic heterocycles. The van der Waals surface area contributed by atoms with E-state index in [1.54, 1.807) is 29.9 Å². The first-order chi connectivity index (χ1) is 14.1. The summed E-state index contributed by atoms with van der Waals surface area (Å²) in [5, 5.41) is 4.22. The van der Waals surface area contributed by atoms with E-state index in [9.17, 15) is 4.79 Å². The number of rotatable bonds is 6. The highest BCUT2D eigenvalue weighted by Crippen LogP contribution is 2.21. The van der Waals surface area contributed by atoms with Gasteiger partial charge in [-0.3, -0.25) is 9.69 Å².